The van der Waals surface area contributed by atoms with Crippen molar-refractivity contribution in [2.45, 2.75) is 31.0 Å². The van der Waals surface area contributed by atoms with Gasteiger partial charge in [0.1, 0.15) is 12.1 Å². The number of aliphatic hydroxyl groups is 1. The summed E-state index contributed by atoms with van der Waals surface area (Å²) in [6.45, 7) is 0. The summed E-state index contributed by atoms with van der Waals surface area (Å²) >= 11 is 0. The highest BCUT2D eigenvalue weighted by molar-refractivity contribution is 5.78. The first-order valence-corrected chi connectivity index (χ1v) is 4.29. The predicted octanol–water partition coefficient (Wildman–Crippen LogP) is -1.02. The SMILES string of the molecule is CN1C(C(=O)O)CC(O)CC1C(=O)O. The maximum atomic E-state index is 10.7. The first kappa shape index (κ1) is 10.9. The van der Waals surface area contributed by atoms with Crippen LogP contribution in [0.15, 0.2) is 0 Å². The lowest BCUT2D eigenvalue weighted by atomic mass is 9.94. The van der Waals surface area contributed by atoms with E-state index in [0.29, 0.717) is 0 Å². The van der Waals surface area contributed by atoms with Gasteiger partial charge in [0, 0.05) is 0 Å². The summed E-state index contributed by atoms with van der Waals surface area (Å²) in [6, 6.07) is -1.83. The van der Waals surface area contributed by atoms with Crippen molar-refractivity contribution in [2.75, 3.05) is 7.05 Å². The number of rotatable bonds is 2. The van der Waals surface area contributed by atoms with Crippen LogP contribution in [0.2, 0.25) is 0 Å². The molecule has 80 valence electrons. The molecule has 0 bridgehead atoms. The summed E-state index contributed by atoms with van der Waals surface area (Å²) in [7, 11) is 1.45. The van der Waals surface area contributed by atoms with Crippen molar-refractivity contribution in [3.8, 4) is 0 Å². The number of aliphatic hydroxyl groups excluding tert-OH is 1. The van der Waals surface area contributed by atoms with Gasteiger partial charge in [-0.25, -0.2) is 0 Å². The van der Waals surface area contributed by atoms with Crippen molar-refractivity contribution in [1.82, 2.24) is 4.90 Å². The minimum absolute atomic E-state index is 0.0790. The third-order valence-electron chi connectivity index (χ3n) is 2.54. The van der Waals surface area contributed by atoms with Crippen molar-refractivity contribution in [1.29, 1.82) is 0 Å². The van der Waals surface area contributed by atoms with E-state index in [9.17, 15) is 14.7 Å². The smallest absolute Gasteiger partial charge is 0.321 e. The van der Waals surface area contributed by atoms with Crippen LogP contribution in [0.3, 0.4) is 0 Å². The van der Waals surface area contributed by atoms with E-state index < -0.39 is 30.1 Å². The summed E-state index contributed by atoms with van der Waals surface area (Å²) in [4.78, 5) is 22.7. The zero-order valence-electron chi connectivity index (χ0n) is 7.75. The summed E-state index contributed by atoms with van der Waals surface area (Å²) in [6.07, 6.45) is -0.695. The number of carboxylic acids is 2. The van der Waals surface area contributed by atoms with Gasteiger partial charge in [0.25, 0.3) is 0 Å². The molecule has 1 aliphatic rings. The van der Waals surface area contributed by atoms with Crippen LogP contribution in [0, 0.1) is 0 Å². The van der Waals surface area contributed by atoms with Gasteiger partial charge in [-0.3, -0.25) is 14.5 Å². The fraction of sp³-hybridized carbons (Fsp3) is 0.750. The zero-order valence-corrected chi connectivity index (χ0v) is 7.75. The molecule has 0 aromatic rings. The van der Waals surface area contributed by atoms with E-state index in [-0.39, 0.29) is 12.8 Å². The molecule has 2 unspecified atom stereocenters. The quantitative estimate of drug-likeness (QED) is 0.531. The van der Waals surface area contributed by atoms with E-state index in [1.54, 1.807) is 0 Å². The van der Waals surface area contributed by atoms with Gasteiger partial charge in [0.2, 0.25) is 0 Å². The lowest BCUT2D eigenvalue weighted by Gasteiger charge is -2.37. The number of carboxylic acid groups (broad SMARTS) is 2. The van der Waals surface area contributed by atoms with Gasteiger partial charge in [-0.15, -0.1) is 0 Å². The first-order valence-electron chi connectivity index (χ1n) is 4.29. The highest BCUT2D eigenvalue weighted by atomic mass is 16.4. The summed E-state index contributed by atoms with van der Waals surface area (Å²) in [5, 5.41) is 26.9. The molecule has 0 radical (unpaired) electrons. The van der Waals surface area contributed by atoms with Gasteiger partial charge in [0.15, 0.2) is 0 Å². The molecular formula is C8H13NO5. The summed E-state index contributed by atoms with van der Waals surface area (Å²) < 4.78 is 0. The van der Waals surface area contributed by atoms with Crippen LogP contribution in [-0.2, 0) is 9.59 Å². The summed E-state index contributed by atoms with van der Waals surface area (Å²) in [5.74, 6) is -2.20. The Morgan fingerprint density at radius 3 is 1.79 bits per heavy atom. The molecule has 1 heterocycles. The molecular weight excluding hydrogens is 190 g/mol. The molecule has 3 N–H and O–H groups in total. The molecule has 6 nitrogen and oxygen atoms in total. The van der Waals surface area contributed by atoms with E-state index in [0.717, 1.165) is 0 Å². The monoisotopic (exact) mass is 203 g/mol. The maximum Gasteiger partial charge on any atom is 0.321 e. The highest BCUT2D eigenvalue weighted by Crippen LogP contribution is 2.22. The van der Waals surface area contributed by atoms with Crippen LogP contribution in [0.4, 0.5) is 0 Å². The number of hydrogen-bond acceptors (Lipinski definition) is 4. The Labute approximate surface area is 80.8 Å². The second kappa shape index (κ2) is 3.93. The van der Waals surface area contributed by atoms with Gasteiger partial charge in [-0.05, 0) is 19.9 Å². The molecule has 1 fully saturated rings. The molecule has 0 amide bonds. The number of aliphatic carboxylic acids is 2. The van der Waals surface area contributed by atoms with E-state index >= 15 is 0 Å². The molecule has 1 saturated heterocycles. The second-order valence-corrected chi connectivity index (χ2v) is 3.50. The standard InChI is InChI=1S/C8H13NO5/c1-9-5(7(11)12)2-4(10)3-6(9)8(13)14/h4-6,10H,2-3H2,1H3,(H,11,12)(H,13,14). The summed E-state index contributed by atoms with van der Waals surface area (Å²) in [5.41, 5.74) is 0. The first-order chi connectivity index (χ1) is 6.43. The van der Waals surface area contributed by atoms with Gasteiger partial charge in [-0.1, -0.05) is 0 Å². The fourth-order valence-corrected chi connectivity index (χ4v) is 1.71. The van der Waals surface area contributed by atoms with Crippen molar-refractivity contribution < 1.29 is 24.9 Å². The van der Waals surface area contributed by atoms with Crippen molar-refractivity contribution in [2.24, 2.45) is 0 Å². The Hall–Kier alpha value is -1.14. The fourth-order valence-electron chi connectivity index (χ4n) is 1.71. The minimum Gasteiger partial charge on any atom is -0.480 e. The number of likely N-dealkylation sites (N-methyl/N-ethyl adjacent to an activating group) is 1. The Balaban J connectivity index is 2.80. The number of piperidine rings is 1. The molecule has 1 aliphatic heterocycles. The van der Waals surface area contributed by atoms with E-state index in [4.69, 9.17) is 10.2 Å². The van der Waals surface area contributed by atoms with Crippen LogP contribution >= 0.6 is 0 Å². The molecule has 0 spiro atoms. The number of nitrogens with zero attached hydrogens (tertiary/aromatic N) is 1. The van der Waals surface area contributed by atoms with E-state index in [1.807, 2.05) is 0 Å². The molecule has 14 heavy (non-hydrogen) atoms. The normalized spacial score (nSPS) is 34.0. The molecule has 0 saturated carbocycles. The Morgan fingerprint density at radius 2 is 1.50 bits per heavy atom. The minimum atomic E-state index is -1.10. The topological polar surface area (TPSA) is 98.1 Å². The van der Waals surface area contributed by atoms with Crippen LogP contribution in [0.5, 0.6) is 0 Å². The molecule has 1 rings (SSSR count). The largest absolute Gasteiger partial charge is 0.480 e. The van der Waals surface area contributed by atoms with E-state index in [1.165, 1.54) is 11.9 Å². The van der Waals surface area contributed by atoms with Gasteiger partial charge >= 0.3 is 11.9 Å². The zero-order chi connectivity index (χ0) is 10.9. The molecule has 0 aliphatic carbocycles. The average Bonchev–Trinajstić information content (AvgIpc) is 2.07. The lowest BCUT2D eigenvalue weighted by molar-refractivity contribution is -0.155. The van der Waals surface area contributed by atoms with Gasteiger partial charge in [0.05, 0.1) is 6.10 Å². The third-order valence-corrected chi connectivity index (χ3v) is 2.54. The molecule has 2 atom stereocenters. The maximum absolute atomic E-state index is 10.7. The van der Waals surface area contributed by atoms with Crippen molar-refractivity contribution in [3.63, 3.8) is 0 Å². The van der Waals surface area contributed by atoms with Crippen LogP contribution in [-0.4, -0.2) is 57.4 Å². The van der Waals surface area contributed by atoms with Crippen LogP contribution < -0.4 is 0 Å². The molecule has 0 aromatic carbocycles. The third kappa shape index (κ3) is 2.02. The number of likely N-dealkylation sites (tertiary alicyclic amines) is 1. The van der Waals surface area contributed by atoms with Gasteiger partial charge in [-0.2, -0.15) is 0 Å². The molecule has 6 heteroatoms. The Kier molecular flexibility index (Phi) is 3.07. The van der Waals surface area contributed by atoms with Gasteiger partial charge < -0.3 is 15.3 Å². The second-order valence-electron chi connectivity index (χ2n) is 3.50. The molecule has 0 aromatic heterocycles. The Bertz CT molecular complexity index is 230. The highest BCUT2D eigenvalue weighted by Gasteiger charge is 2.39. The van der Waals surface area contributed by atoms with E-state index in [2.05, 4.69) is 0 Å². The van der Waals surface area contributed by atoms with Crippen LogP contribution in [0.25, 0.3) is 0 Å². The van der Waals surface area contributed by atoms with Crippen molar-refractivity contribution >= 4 is 11.9 Å². The Morgan fingerprint density at radius 1 is 1.14 bits per heavy atom. The predicted molar refractivity (Wildman–Crippen MR) is 45.9 cm³/mol. The number of carbonyl (C=O) groups is 2. The van der Waals surface area contributed by atoms with Crippen LogP contribution in [0.1, 0.15) is 12.8 Å². The lowest BCUT2D eigenvalue weighted by Crippen LogP contribution is -2.54. The number of hydrogen-bond donors (Lipinski definition) is 3. The van der Waals surface area contributed by atoms with Crippen molar-refractivity contribution in [3.05, 3.63) is 0 Å². The average molecular weight is 203 g/mol.